The summed E-state index contributed by atoms with van der Waals surface area (Å²) in [7, 11) is 0. The quantitative estimate of drug-likeness (QED) is 0.626. The van der Waals surface area contributed by atoms with Gasteiger partial charge >= 0.3 is 0 Å². The Balaban J connectivity index is 2.22. The van der Waals surface area contributed by atoms with E-state index in [1.807, 2.05) is 6.92 Å². The molecule has 2 rings (SSSR count). The molecule has 6 heteroatoms. The number of nitro groups is 1. The average Bonchev–Trinajstić information content (AvgIpc) is 2.52. The van der Waals surface area contributed by atoms with Gasteiger partial charge < -0.3 is 14.6 Å². The fourth-order valence-corrected chi connectivity index (χ4v) is 2.00. The first-order valence-corrected chi connectivity index (χ1v) is 6.86. The fourth-order valence-electron chi connectivity index (χ4n) is 2.00. The molecule has 2 aromatic carbocycles. The van der Waals surface area contributed by atoms with E-state index in [-0.39, 0.29) is 18.0 Å². The molecule has 0 heterocycles. The maximum absolute atomic E-state index is 11.2. The van der Waals surface area contributed by atoms with E-state index >= 15 is 0 Å². The number of phenolic OH excluding ortho intramolecular Hbond substituents is 1. The van der Waals surface area contributed by atoms with Gasteiger partial charge in [-0.05, 0) is 36.8 Å². The van der Waals surface area contributed by atoms with E-state index in [9.17, 15) is 15.2 Å². The molecule has 0 aromatic heterocycles. The lowest BCUT2D eigenvalue weighted by Gasteiger charge is -2.11. The lowest BCUT2D eigenvalue weighted by molar-refractivity contribution is -0.385. The second-order valence-electron chi connectivity index (χ2n) is 4.59. The van der Waals surface area contributed by atoms with Gasteiger partial charge in [0.25, 0.3) is 5.69 Å². The van der Waals surface area contributed by atoms with Gasteiger partial charge in [-0.3, -0.25) is 10.1 Å². The average molecular weight is 303 g/mol. The number of benzene rings is 2. The predicted octanol–water partition coefficient (Wildman–Crippen LogP) is 3.42. The Labute approximate surface area is 128 Å². The van der Waals surface area contributed by atoms with Gasteiger partial charge in [-0.25, -0.2) is 0 Å². The highest BCUT2D eigenvalue weighted by Gasteiger charge is 2.18. The van der Waals surface area contributed by atoms with Crippen molar-refractivity contribution in [2.24, 2.45) is 0 Å². The SMILES string of the molecule is CCOCc1cccc([N+](=O)[O-])c1COc1ccc(O)cc1. The number of aromatic hydroxyl groups is 1. The van der Waals surface area contributed by atoms with Crippen LogP contribution in [0.5, 0.6) is 11.5 Å². The van der Waals surface area contributed by atoms with Gasteiger partial charge in [0.05, 0.1) is 17.1 Å². The van der Waals surface area contributed by atoms with Crippen LogP contribution in [0.2, 0.25) is 0 Å². The molecule has 0 amide bonds. The maximum atomic E-state index is 11.2. The topological polar surface area (TPSA) is 81.8 Å². The Kier molecular flexibility index (Phi) is 5.32. The second kappa shape index (κ2) is 7.42. The highest BCUT2D eigenvalue weighted by atomic mass is 16.6. The van der Waals surface area contributed by atoms with Crippen LogP contribution in [0, 0.1) is 10.1 Å². The molecule has 0 saturated heterocycles. The molecule has 1 N–H and O–H groups in total. The third-order valence-electron chi connectivity index (χ3n) is 3.13. The molecule has 0 aliphatic heterocycles. The zero-order valence-electron chi connectivity index (χ0n) is 12.2. The van der Waals surface area contributed by atoms with Crippen LogP contribution in [0.1, 0.15) is 18.1 Å². The van der Waals surface area contributed by atoms with Crippen molar-refractivity contribution in [1.82, 2.24) is 0 Å². The van der Waals surface area contributed by atoms with Crippen LogP contribution in [0.3, 0.4) is 0 Å². The summed E-state index contributed by atoms with van der Waals surface area (Å²) in [5.74, 6) is 0.661. The molecule has 22 heavy (non-hydrogen) atoms. The number of hydrogen-bond donors (Lipinski definition) is 1. The fraction of sp³-hybridized carbons (Fsp3) is 0.250. The summed E-state index contributed by atoms with van der Waals surface area (Å²) in [5, 5.41) is 20.4. The Morgan fingerprint density at radius 2 is 1.86 bits per heavy atom. The number of nitro benzene ring substituents is 1. The Morgan fingerprint density at radius 1 is 1.14 bits per heavy atom. The van der Waals surface area contributed by atoms with E-state index < -0.39 is 4.92 Å². The minimum atomic E-state index is -0.426. The monoisotopic (exact) mass is 303 g/mol. The van der Waals surface area contributed by atoms with Gasteiger partial charge in [0, 0.05) is 12.7 Å². The van der Waals surface area contributed by atoms with Gasteiger partial charge in [0.2, 0.25) is 0 Å². The summed E-state index contributed by atoms with van der Waals surface area (Å²) in [4.78, 5) is 10.8. The largest absolute Gasteiger partial charge is 0.508 e. The van der Waals surface area contributed by atoms with E-state index in [2.05, 4.69) is 0 Å². The molecule has 2 aromatic rings. The number of ether oxygens (including phenoxy) is 2. The Morgan fingerprint density at radius 3 is 2.50 bits per heavy atom. The summed E-state index contributed by atoms with van der Waals surface area (Å²) in [5.41, 5.74) is 1.24. The van der Waals surface area contributed by atoms with Crippen molar-refractivity contribution in [3.05, 3.63) is 63.7 Å². The molecular weight excluding hydrogens is 286 g/mol. The van der Waals surface area contributed by atoms with Crippen molar-refractivity contribution in [3.8, 4) is 11.5 Å². The molecule has 0 saturated carbocycles. The van der Waals surface area contributed by atoms with Crippen LogP contribution < -0.4 is 4.74 Å². The predicted molar refractivity (Wildman–Crippen MR) is 80.9 cm³/mol. The lowest BCUT2D eigenvalue weighted by Crippen LogP contribution is -2.06. The molecule has 116 valence electrons. The molecule has 0 atom stereocenters. The molecule has 0 bridgehead atoms. The highest BCUT2D eigenvalue weighted by Crippen LogP contribution is 2.25. The van der Waals surface area contributed by atoms with E-state index in [1.165, 1.54) is 18.2 Å². The molecule has 6 nitrogen and oxygen atoms in total. The van der Waals surface area contributed by atoms with Gasteiger partial charge in [0.15, 0.2) is 0 Å². The van der Waals surface area contributed by atoms with E-state index in [4.69, 9.17) is 9.47 Å². The zero-order valence-corrected chi connectivity index (χ0v) is 12.2. The molecule has 0 aliphatic carbocycles. The number of nitrogens with zero attached hydrogens (tertiary/aromatic N) is 1. The Bertz CT molecular complexity index is 639. The standard InChI is InChI=1S/C16H17NO5/c1-2-21-10-12-4-3-5-16(17(19)20)15(12)11-22-14-8-6-13(18)7-9-14/h3-9,18H,2,10-11H2,1H3. The maximum Gasteiger partial charge on any atom is 0.276 e. The Hall–Kier alpha value is -2.60. The lowest BCUT2D eigenvalue weighted by atomic mass is 10.1. The first-order valence-electron chi connectivity index (χ1n) is 6.86. The van der Waals surface area contributed by atoms with E-state index in [0.29, 0.717) is 24.5 Å². The minimum Gasteiger partial charge on any atom is -0.508 e. The van der Waals surface area contributed by atoms with Crippen LogP contribution in [0.4, 0.5) is 5.69 Å². The third-order valence-corrected chi connectivity index (χ3v) is 3.13. The van der Waals surface area contributed by atoms with Crippen molar-refractivity contribution >= 4 is 5.69 Å². The first kappa shape index (κ1) is 15.8. The summed E-state index contributed by atoms with van der Waals surface area (Å²) in [6.07, 6.45) is 0. The highest BCUT2D eigenvalue weighted by molar-refractivity contribution is 5.45. The minimum absolute atomic E-state index is 0.0102. The van der Waals surface area contributed by atoms with Crippen molar-refractivity contribution in [3.63, 3.8) is 0 Å². The van der Waals surface area contributed by atoms with E-state index in [1.54, 1.807) is 24.3 Å². The van der Waals surface area contributed by atoms with E-state index in [0.717, 1.165) is 5.56 Å². The number of hydrogen-bond acceptors (Lipinski definition) is 5. The van der Waals surface area contributed by atoms with Crippen molar-refractivity contribution in [1.29, 1.82) is 0 Å². The summed E-state index contributed by atoms with van der Waals surface area (Å²) < 4.78 is 10.9. The molecule has 0 aliphatic rings. The molecule has 0 fully saturated rings. The first-order chi connectivity index (χ1) is 10.6. The van der Waals surface area contributed by atoms with Crippen LogP contribution in [-0.2, 0) is 18.0 Å². The van der Waals surface area contributed by atoms with Crippen molar-refractivity contribution < 1.29 is 19.5 Å². The van der Waals surface area contributed by atoms with Gasteiger partial charge in [-0.2, -0.15) is 0 Å². The van der Waals surface area contributed by atoms with Crippen molar-refractivity contribution in [2.45, 2.75) is 20.1 Å². The number of phenols is 1. The normalized spacial score (nSPS) is 10.4. The smallest absolute Gasteiger partial charge is 0.276 e. The van der Waals surface area contributed by atoms with Crippen LogP contribution in [0.25, 0.3) is 0 Å². The van der Waals surface area contributed by atoms with Gasteiger partial charge in [0.1, 0.15) is 18.1 Å². The molecule has 0 unspecified atom stereocenters. The summed E-state index contributed by atoms with van der Waals surface area (Å²) in [6.45, 7) is 2.75. The van der Waals surface area contributed by atoms with Crippen LogP contribution in [-0.4, -0.2) is 16.6 Å². The zero-order chi connectivity index (χ0) is 15.9. The third kappa shape index (κ3) is 3.95. The number of rotatable bonds is 7. The van der Waals surface area contributed by atoms with Gasteiger partial charge in [-0.1, -0.05) is 12.1 Å². The van der Waals surface area contributed by atoms with Crippen LogP contribution in [0.15, 0.2) is 42.5 Å². The molecule has 0 spiro atoms. The van der Waals surface area contributed by atoms with Crippen LogP contribution >= 0.6 is 0 Å². The molecule has 0 radical (unpaired) electrons. The van der Waals surface area contributed by atoms with Gasteiger partial charge in [-0.15, -0.1) is 0 Å². The second-order valence-corrected chi connectivity index (χ2v) is 4.59. The summed E-state index contributed by atoms with van der Waals surface area (Å²) >= 11 is 0. The summed E-state index contributed by atoms with van der Waals surface area (Å²) in [6, 6.07) is 11.1. The van der Waals surface area contributed by atoms with Crippen molar-refractivity contribution in [2.75, 3.05) is 6.61 Å². The molecular formula is C16H17NO5.